The zero-order valence-electron chi connectivity index (χ0n) is 12.6. The van der Waals surface area contributed by atoms with Gasteiger partial charge in [0.15, 0.2) is 0 Å². The van der Waals surface area contributed by atoms with E-state index in [-0.39, 0.29) is 0 Å². The number of hydrogen-bond donors (Lipinski definition) is 2. The van der Waals surface area contributed by atoms with Crippen molar-refractivity contribution in [2.24, 2.45) is 0 Å². The van der Waals surface area contributed by atoms with E-state index in [0.717, 1.165) is 35.6 Å². The Bertz CT molecular complexity index is 641. The molecule has 0 saturated carbocycles. The lowest BCUT2D eigenvalue weighted by Gasteiger charge is -2.38. The minimum Gasteiger partial charge on any atom is -0.382 e. The zero-order valence-corrected chi connectivity index (χ0v) is 12.6. The number of nitrogens with one attached hydrogen (secondary N) is 1. The molecule has 2 aliphatic heterocycles. The molecule has 3 heterocycles. The topological polar surface area (TPSA) is 48.4 Å². The lowest BCUT2D eigenvalue weighted by Crippen LogP contribution is -2.56. The van der Waals surface area contributed by atoms with E-state index < -0.39 is 5.60 Å². The van der Waals surface area contributed by atoms with Crippen LogP contribution >= 0.6 is 0 Å². The molecule has 2 N–H and O–H groups in total. The highest BCUT2D eigenvalue weighted by Gasteiger charge is 2.35. The van der Waals surface area contributed by atoms with Crippen LogP contribution in [0.1, 0.15) is 18.4 Å². The van der Waals surface area contributed by atoms with Crippen LogP contribution in [0, 0.1) is 0 Å². The molecule has 2 aliphatic rings. The highest BCUT2D eigenvalue weighted by atomic mass is 16.3. The van der Waals surface area contributed by atoms with Crippen molar-refractivity contribution in [1.29, 1.82) is 0 Å². The van der Waals surface area contributed by atoms with Gasteiger partial charge in [-0.3, -0.25) is 0 Å². The first kappa shape index (κ1) is 13.7. The number of pyridine rings is 1. The molecule has 2 fully saturated rings. The summed E-state index contributed by atoms with van der Waals surface area (Å²) in [4.78, 5) is 6.94. The van der Waals surface area contributed by atoms with Gasteiger partial charge in [-0.15, -0.1) is 0 Å². The van der Waals surface area contributed by atoms with Crippen LogP contribution in [0.2, 0.25) is 0 Å². The first-order valence-electron chi connectivity index (χ1n) is 8.00. The first-order valence-corrected chi connectivity index (χ1v) is 8.00. The van der Waals surface area contributed by atoms with Crippen LogP contribution in [-0.4, -0.2) is 36.3 Å². The Balaban J connectivity index is 1.54. The van der Waals surface area contributed by atoms with E-state index in [1.807, 2.05) is 18.3 Å². The molecule has 114 valence electrons. The van der Waals surface area contributed by atoms with Gasteiger partial charge in [0.25, 0.3) is 0 Å². The molecule has 2 saturated heterocycles. The Morgan fingerprint density at radius 1 is 0.955 bits per heavy atom. The predicted octanol–water partition coefficient (Wildman–Crippen LogP) is 2.14. The maximum absolute atomic E-state index is 10.3. The van der Waals surface area contributed by atoms with Crippen molar-refractivity contribution in [3.8, 4) is 11.1 Å². The summed E-state index contributed by atoms with van der Waals surface area (Å²) < 4.78 is 0. The van der Waals surface area contributed by atoms with Crippen LogP contribution in [0.15, 0.2) is 42.6 Å². The summed E-state index contributed by atoms with van der Waals surface area (Å²) in [5.41, 5.74) is 2.56. The Morgan fingerprint density at radius 2 is 1.64 bits per heavy atom. The van der Waals surface area contributed by atoms with Gasteiger partial charge in [0, 0.05) is 37.9 Å². The molecule has 4 heteroatoms. The van der Waals surface area contributed by atoms with Crippen LogP contribution in [-0.2, 0) is 5.60 Å². The molecular formula is C18H21N3O. The largest absolute Gasteiger partial charge is 0.382 e. The molecule has 22 heavy (non-hydrogen) atoms. The molecule has 4 rings (SSSR count). The van der Waals surface area contributed by atoms with E-state index in [9.17, 15) is 5.11 Å². The lowest BCUT2D eigenvalue weighted by molar-refractivity contribution is -0.0146. The average Bonchev–Trinajstić information content (AvgIpc) is 3.07. The zero-order chi connectivity index (χ0) is 15.0. The number of hydrogen-bond acceptors (Lipinski definition) is 4. The molecule has 1 aromatic heterocycles. The number of β-amino-alcohol motifs (C(OH)–C–C–N with tert-alkyl or cyclic N) is 1. The monoisotopic (exact) mass is 295 g/mol. The summed E-state index contributed by atoms with van der Waals surface area (Å²) in [5.74, 6) is 1.08. The van der Waals surface area contributed by atoms with Gasteiger partial charge in [0.05, 0.1) is 0 Å². The van der Waals surface area contributed by atoms with E-state index in [1.54, 1.807) is 0 Å². The minimum absolute atomic E-state index is 0.637. The van der Waals surface area contributed by atoms with Gasteiger partial charge in [-0.1, -0.05) is 24.3 Å². The fraction of sp³-hybridized carbons (Fsp3) is 0.389. The second-order valence-electron chi connectivity index (χ2n) is 6.31. The quantitative estimate of drug-likeness (QED) is 0.911. The molecule has 1 aromatic carbocycles. The third-order valence-electron chi connectivity index (χ3n) is 4.77. The second-order valence-corrected chi connectivity index (χ2v) is 6.31. The Kier molecular flexibility index (Phi) is 3.36. The SMILES string of the molecule is OC1(c2ccc(-c3ccc(N4CCCC4)nc3)cc2)CNC1. The normalized spacial score (nSPS) is 20.0. The Morgan fingerprint density at radius 3 is 2.18 bits per heavy atom. The van der Waals surface area contributed by atoms with Gasteiger partial charge < -0.3 is 15.3 Å². The van der Waals surface area contributed by atoms with Crippen LogP contribution in [0.4, 0.5) is 5.82 Å². The smallest absolute Gasteiger partial charge is 0.128 e. The van der Waals surface area contributed by atoms with Crippen LogP contribution in [0.3, 0.4) is 0 Å². The summed E-state index contributed by atoms with van der Waals surface area (Å²) >= 11 is 0. The van der Waals surface area contributed by atoms with Gasteiger partial charge in [-0.2, -0.15) is 0 Å². The molecule has 0 atom stereocenters. The molecule has 0 radical (unpaired) electrons. The molecule has 0 amide bonds. The lowest BCUT2D eigenvalue weighted by atomic mass is 9.87. The number of aliphatic hydroxyl groups is 1. The summed E-state index contributed by atoms with van der Waals surface area (Å²) in [6, 6.07) is 12.4. The molecule has 0 bridgehead atoms. The van der Waals surface area contributed by atoms with Crippen molar-refractivity contribution >= 4 is 5.82 Å². The molecule has 2 aromatic rings. The Labute approximate surface area is 130 Å². The van der Waals surface area contributed by atoms with E-state index >= 15 is 0 Å². The second kappa shape index (κ2) is 5.38. The number of benzene rings is 1. The number of nitrogens with zero attached hydrogens (tertiary/aromatic N) is 2. The van der Waals surface area contributed by atoms with Crippen LogP contribution in [0.25, 0.3) is 11.1 Å². The summed E-state index contributed by atoms with van der Waals surface area (Å²) in [7, 11) is 0. The van der Waals surface area contributed by atoms with E-state index in [4.69, 9.17) is 0 Å². The summed E-state index contributed by atoms with van der Waals surface area (Å²) in [6.45, 7) is 3.51. The fourth-order valence-corrected chi connectivity index (χ4v) is 3.23. The van der Waals surface area contributed by atoms with Crippen LogP contribution < -0.4 is 10.2 Å². The maximum atomic E-state index is 10.3. The predicted molar refractivity (Wildman–Crippen MR) is 87.9 cm³/mol. The Hall–Kier alpha value is -1.91. The molecular weight excluding hydrogens is 274 g/mol. The minimum atomic E-state index is -0.684. The van der Waals surface area contributed by atoms with Gasteiger partial charge in [0.1, 0.15) is 11.4 Å². The van der Waals surface area contributed by atoms with Gasteiger partial charge in [0.2, 0.25) is 0 Å². The molecule has 0 spiro atoms. The summed E-state index contributed by atoms with van der Waals surface area (Å²) in [6.07, 6.45) is 4.48. The van der Waals surface area contributed by atoms with E-state index in [1.165, 1.54) is 12.8 Å². The molecule has 4 nitrogen and oxygen atoms in total. The fourth-order valence-electron chi connectivity index (χ4n) is 3.23. The van der Waals surface area contributed by atoms with Crippen molar-refractivity contribution < 1.29 is 5.11 Å². The first-order chi connectivity index (χ1) is 10.7. The average molecular weight is 295 g/mol. The van der Waals surface area contributed by atoms with Crippen molar-refractivity contribution in [3.63, 3.8) is 0 Å². The van der Waals surface area contributed by atoms with Crippen LogP contribution in [0.5, 0.6) is 0 Å². The van der Waals surface area contributed by atoms with Crippen molar-refractivity contribution in [1.82, 2.24) is 10.3 Å². The molecule has 0 unspecified atom stereocenters. The summed E-state index contributed by atoms with van der Waals surface area (Å²) in [5, 5.41) is 13.4. The van der Waals surface area contributed by atoms with Gasteiger partial charge in [-0.25, -0.2) is 4.98 Å². The molecule has 0 aliphatic carbocycles. The highest BCUT2D eigenvalue weighted by Crippen LogP contribution is 2.28. The van der Waals surface area contributed by atoms with Crippen molar-refractivity contribution in [2.75, 3.05) is 31.1 Å². The van der Waals surface area contributed by atoms with E-state index in [0.29, 0.717) is 13.1 Å². The number of anilines is 1. The van der Waals surface area contributed by atoms with Crippen molar-refractivity contribution in [2.45, 2.75) is 18.4 Å². The third-order valence-corrected chi connectivity index (χ3v) is 4.77. The van der Waals surface area contributed by atoms with Gasteiger partial charge >= 0.3 is 0 Å². The van der Waals surface area contributed by atoms with E-state index in [2.05, 4.69) is 39.5 Å². The highest BCUT2D eigenvalue weighted by molar-refractivity contribution is 5.64. The standard InChI is InChI=1S/C18H21N3O/c22-18(12-19-13-18)16-6-3-14(4-7-16)15-5-8-17(20-11-15)21-9-1-2-10-21/h3-8,11,19,22H,1-2,9-10,12-13H2. The number of rotatable bonds is 3. The maximum Gasteiger partial charge on any atom is 0.128 e. The van der Waals surface area contributed by atoms with Crippen molar-refractivity contribution in [3.05, 3.63) is 48.2 Å². The third kappa shape index (κ3) is 2.38. The van der Waals surface area contributed by atoms with Gasteiger partial charge in [-0.05, 0) is 36.1 Å². The number of aromatic nitrogens is 1.